The maximum absolute atomic E-state index is 12.0. The third-order valence-electron chi connectivity index (χ3n) is 4.38. The van der Waals surface area contributed by atoms with Crippen LogP contribution in [0.3, 0.4) is 0 Å². The fourth-order valence-electron chi connectivity index (χ4n) is 2.78. The lowest BCUT2D eigenvalue weighted by molar-refractivity contribution is -0.123. The minimum Gasteiger partial charge on any atom is -0.493 e. The number of carbonyl (C=O) groups is 1. The first-order valence-electron chi connectivity index (χ1n) is 9.82. The highest BCUT2D eigenvalue weighted by molar-refractivity contribution is 9.10. The molecule has 0 aliphatic heterocycles. The van der Waals surface area contributed by atoms with E-state index in [-0.39, 0.29) is 6.61 Å². The Morgan fingerprint density at radius 1 is 1.00 bits per heavy atom. The van der Waals surface area contributed by atoms with Gasteiger partial charge in [-0.3, -0.25) is 4.79 Å². The van der Waals surface area contributed by atoms with Gasteiger partial charge in [-0.2, -0.15) is 5.10 Å². The van der Waals surface area contributed by atoms with Crippen LogP contribution < -0.4 is 24.4 Å². The lowest BCUT2D eigenvalue weighted by atomic mass is 10.2. The summed E-state index contributed by atoms with van der Waals surface area (Å²) in [7, 11) is 3.09. The van der Waals surface area contributed by atoms with Crippen LogP contribution in [0.1, 0.15) is 11.1 Å². The summed E-state index contributed by atoms with van der Waals surface area (Å²) in [5.74, 6) is 1.68. The second-order valence-electron chi connectivity index (χ2n) is 6.68. The van der Waals surface area contributed by atoms with Crippen molar-refractivity contribution in [3.8, 4) is 23.0 Å². The molecule has 0 radical (unpaired) electrons. The number of hydrogen-bond acceptors (Lipinski definition) is 6. The fourth-order valence-corrected chi connectivity index (χ4v) is 3.48. The van der Waals surface area contributed by atoms with E-state index in [1.54, 1.807) is 37.4 Å². The van der Waals surface area contributed by atoms with Crippen LogP contribution in [0.4, 0.5) is 0 Å². The average Bonchev–Trinajstić information content (AvgIpc) is 2.83. The Labute approximate surface area is 205 Å². The Hall–Kier alpha value is -3.23. The van der Waals surface area contributed by atoms with Crippen molar-refractivity contribution < 1.29 is 23.7 Å². The molecule has 0 heterocycles. The topological polar surface area (TPSA) is 78.4 Å². The maximum atomic E-state index is 12.0. The van der Waals surface area contributed by atoms with Crippen molar-refractivity contribution in [3.05, 3.63) is 81.3 Å². The third kappa shape index (κ3) is 7.13. The zero-order chi connectivity index (χ0) is 23.6. The number of carbonyl (C=O) groups excluding carboxylic acids is 1. The number of hydrogen-bond donors (Lipinski definition) is 1. The van der Waals surface area contributed by atoms with Crippen LogP contribution in [-0.2, 0) is 11.4 Å². The summed E-state index contributed by atoms with van der Waals surface area (Å²) in [5, 5.41) is 4.65. The number of para-hydroxylation sites is 2. The first-order chi connectivity index (χ1) is 16.0. The summed E-state index contributed by atoms with van der Waals surface area (Å²) in [6.45, 7) is 0.143. The van der Waals surface area contributed by atoms with Crippen LogP contribution in [0.15, 0.2) is 70.2 Å². The average molecular weight is 534 g/mol. The van der Waals surface area contributed by atoms with Crippen molar-refractivity contribution in [2.75, 3.05) is 20.8 Å². The molecule has 9 heteroatoms. The van der Waals surface area contributed by atoms with Gasteiger partial charge in [-0.1, -0.05) is 35.9 Å². The summed E-state index contributed by atoms with van der Waals surface area (Å²) in [5.41, 5.74) is 4.10. The summed E-state index contributed by atoms with van der Waals surface area (Å²) in [4.78, 5) is 12.0. The van der Waals surface area contributed by atoms with Crippen molar-refractivity contribution in [3.63, 3.8) is 0 Å². The largest absolute Gasteiger partial charge is 0.493 e. The molecule has 0 unspecified atom stereocenters. The quantitative estimate of drug-likeness (QED) is 0.285. The molecule has 0 aliphatic carbocycles. The van der Waals surface area contributed by atoms with Gasteiger partial charge in [0.2, 0.25) is 0 Å². The molecule has 1 N–H and O–H groups in total. The minimum atomic E-state index is -0.411. The van der Waals surface area contributed by atoms with Crippen LogP contribution >= 0.6 is 27.5 Å². The molecule has 33 heavy (non-hydrogen) atoms. The molecule has 0 aromatic heterocycles. The molecule has 1 amide bonds. The first kappa shape index (κ1) is 24.4. The fraction of sp³-hybridized carbons (Fsp3) is 0.167. The van der Waals surface area contributed by atoms with E-state index in [0.29, 0.717) is 44.7 Å². The number of halogens is 2. The van der Waals surface area contributed by atoms with E-state index in [1.165, 1.54) is 13.3 Å². The van der Waals surface area contributed by atoms with E-state index < -0.39 is 5.91 Å². The van der Waals surface area contributed by atoms with Gasteiger partial charge in [0.15, 0.2) is 29.6 Å². The zero-order valence-corrected chi connectivity index (χ0v) is 20.4. The molecule has 0 spiro atoms. The summed E-state index contributed by atoms with van der Waals surface area (Å²) in [6.07, 6.45) is 1.50. The first-order valence-corrected chi connectivity index (χ1v) is 11.0. The maximum Gasteiger partial charge on any atom is 0.277 e. The lowest BCUT2D eigenvalue weighted by Crippen LogP contribution is -2.24. The molecule has 7 nitrogen and oxygen atoms in total. The highest BCUT2D eigenvalue weighted by atomic mass is 79.9. The van der Waals surface area contributed by atoms with Crippen LogP contribution in [0.2, 0.25) is 5.02 Å². The molecule has 0 aliphatic rings. The van der Waals surface area contributed by atoms with Crippen molar-refractivity contribution >= 4 is 39.7 Å². The van der Waals surface area contributed by atoms with E-state index in [1.807, 2.05) is 30.3 Å². The van der Waals surface area contributed by atoms with E-state index in [2.05, 4.69) is 26.5 Å². The standard InChI is InChI=1S/C24H22BrClN2O5/c1-30-20-5-3-4-6-21(20)32-15-23(29)28-27-13-17-11-19(25)24(22(12-17)31-2)33-14-16-7-9-18(26)10-8-16/h3-13H,14-15H2,1-2H3,(H,28,29)/b27-13-. The molecule has 3 rings (SSSR count). The molecule has 3 aromatic carbocycles. The number of amides is 1. The van der Waals surface area contributed by atoms with Gasteiger partial charge in [0.25, 0.3) is 5.91 Å². The van der Waals surface area contributed by atoms with Crippen molar-refractivity contribution in [2.45, 2.75) is 6.61 Å². The predicted octanol–water partition coefficient (Wildman–Crippen LogP) is 5.23. The molecule has 3 aromatic rings. The predicted molar refractivity (Wildman–Crippen MR) is 131 cm³/mol. The second-order valence-corrected chi connectivity index (χ2v) is 7.97. The number of methoxy groups -OCH3 is 2. The molecule has 0 bridgehead atoms. The zero-order valence-electron chi connectivity index (χ0n) is 18.0. The van der Waals surface area contributed by atoms with Crippen LogP contribution in [0.25, 0.3) is 0 Å². The van der Waals surface area contributed by atoms with E-state index in [4.69, 9.17) is 30.5 Å². The highest BCUT2D eigenvalue weighted by Crippen LogP contribution is 2.37. The summed E-state index contributed by atoms with van der Waals surface area (Å²) in [6, 6.07) is 18.0. The van der Waals surface area contributed by atoms with Crippen LogP contribution in [-0.4, -0.2) is 32.9 Å². The van der Waals surface area contributed by atoms with Gasteiger partial charge in [0, 0.05) is 5.02 Å². The molecule has 0 saturated heterocycles. The smallest absolute Gasteiger partial charge is 0.277 e. The lowest BCUT2D eigenvalue weighted by Gasteiger charge is -2.13. The SMILES string of the molecule is COc1ccccc1OCC(=O)N/N=C\c1cc(Br)c(OCc2ccc(Cl)cc2)c(OC)c1. The van der Waals surface area contributed by atoms with Gasteiger partial charge >= 0.3 is 0 Å². The Bertz CT molecular complexity index is 1120. The third-order valence-corrected chi connectivity index (χ3v) is 5.22. The van der Waals surface area contributed by atoms with Gasteiger partial charge in [0.1, 0.15) is 6.61 Å². The number of hydrazone groups is 1. The Balaban J connectivity index is 1.58. The number of nitrogens with one attached hydrogen (secondary N) is 1. The minimum absolute atomic E-state index is 0.206. The van der Waals surface area contributed by atoms with Gasteiger partial charge in [-0.25, -0.2) is 5.43 Å². The molecule has 0 saturated carbocycles. The van der Waals surface area contributed by atoms with Crippen molar-refractivity contribution in [1.82, 2.24) is 5.43 Å². The Kier molecular flexibility index (Phi) is 8.97. The van der Waals surface area contributed by atoms with E-state index >= 15 is 0 Å². The number of rotatable bonds is 10. The normalized spacial score (nSPS) is 10.7. The molecular weight excluding hydrogens is 512 g/mol. The number of benzene rings is 3. The van der Waals surface area contributed by atoms with Crippen molar-refractivity contribution in [2.24, 2.45) is 5.10 Å². The Morgan fingerprint density at radius 3 is 2.39 bits per heavy atom. The summed E-state index contributed by atoms with van der Waals surface area (Å²) >= 11 is 9.42. The Morgan fingerprint density at radius 2 is 1.70 bits per heavy atom. The van der Waals surface area contributed by atoms with Crippen molar-refractivity contribution in [1.29, 1.82) is 0 Å². The van der Waals surface area contributed by atoms with Gasteiger partial charge in [0.05, 0.1) is 24.9 Å². The van der Waals surface area contributed by atoms with Gasteiger partial charge in [-0.05, 0) is 63.5 Å². The molecule has 0 atom stereocenters. The summed E-state index contributed by atoms with van der Waals surface area (Å²) < 4.78 is 22.7. The van der Waals surface area contributed by atoms with Gasteiger partial charge < -0.3 is 18.9 Å². The highest BCUT2D eigenvalue weighted by Gasteiger charge is 2.12. The van der Waals surface area contributed by atoms with Crippen LogP contribution in [0.5, 0.6) is 23.0 Å². The van der Waals surface area contributed by atoms with Crippen LogP contribution in [0, 0.1) is 0 Å². The second kappa shape index (κ2) is 12.1. The molecule has 0 fully saturated rings. The van der Waals surface area contributed by atoms with E-state index in [0.717, 1.165) is 5.56 Å². The number of ether oxygens (including phenoxy) is 4. The van der Waals surface area contributed by atoms with E-state index in [9.17, 15) is 4.79 Å². The molecule has 172 valence electrons. The van der Waals surface area contributed by atoms with Gasteiger partial charge in [-0.15, -0.1) is 0 Å². The number of nitrogens with zero attached hydrogens (tertiary/aromatic N) is 1. The molecular formula is C24H22BrClN2O5. The monoisotopic (exact) mass is 532 g/mol.